The van der Waals surface area contributed by atoms with Gasteiger partial charge in [0.2, 0.25) is 15.9 Å². The van der Waals surface area contributed by atoms with Crippen LogP contribution in [0.4, 0.5) is 5.69 Å². The van der Waals surface area contributed by atoms with Crippen LogP contribution in [-0.2, 0) is 14.8 Å². The molecule has 2 N–H and O–H groups in total. The van der Waals surface area contributed by atoms with Gasteiger partial charge >= 0.3 is 0 Å². The number of carbonyl (C=O) groups is 1. The van der Waals surface area contributed by atoms with Crippen molar-refractivity contribution in [2.45, 2.75) is 69.2 Å². The zero-order chi connectivity index (χ0) is 18.3. The number of anilines is 1. The van der Waals surface area contributed by atoms with Crippen LogP contribution in [0.15, 0.2) is 23.1 Å². The molecule has 0 spiro atoms. The molecule has 0 radical (unpaired) electrons. The second-order valence-electron chi connectivity index (χ2n) is 6.43. The first-order valence-electron chi connectivity index (χ1n) is 8.96. The average Bonchev–Trinajstić information content (AvgIpc) is 2.57. The Balaban J connectivity index is 2.19. The molecule has 0 unspecified atom stereocenters. The summed E-state index contributed by atoms with van der Waals surface area (Å²) in [5.41, 5.74) is 0.370. The molecule has 1 aromatic carbocycles. The molecule has 140 valence electrons. The van der Waals surface area contributed by atoms with Gasteiger partial charge in [0, 0.05) is 12.5 Å². The van der Waals surface area contributed by atoms with E-state index in [1.807, 2.05) is 0 Å². The highest BCUT2D eigenvalue weighted by Crippen LogP contribution is 2.28. The molecule has 1 amide bonds. The van der Waals surface area contributed by atoms with Crippen molar-refractivity contribution in [3.05, 3.63) is 18.2 Å². The normalized spacial score (nSPS) is 16.7. The number of carbonyl (C=O) groups excluding carboxylic acids is 1. The fraction of sp³-hybridized carbons (Fsp3) is 0.611. The number of ether oxygens (including phenoxy) is 1. The molecular formula is C18H28N2O4S. The van der Waals surface area contributed by atoms with Crippen molar-refractivity contribution in [3.63, 3.8) is 0 Å². The Morgan fingerprint density at radius 2 is 1.80 bits per heavy atom. The monoisotopic (exact) mass is 368 g/mol. The minimum atomic E-state index is -3.63. The summed E-state index contributed by atoms with van der Waals surface area (Å²) in [6.45, 7) is 1.73. The number of hydrogen-bond donors (Lipinski definition) is 2. The van der Waals surface area contributed by atoms with Gasteiger partial charge in [-0.3, -0.25) is 4.79 Å². The molecule has 25 heavy (non-hydrogen) atoms. The number of hydrogen-bond acceptors (Lipinski definition) is 4. The second kappa shape index (κ2) is 9.20. The van der Waals surface area contributed by atoms with Gasteiger partial charge in [0.15, 0.2) is 0 Å². The van der Waals surface area contributed by atoms with Crippen LogP contribution in [0.2, 0.25) is 0 Å². The molecule has 6 nitrogen and oxygen atoms in total. The van der Waals surface area contributed by atoms with Gasteiger partial charge in [-0.1, -0.05) is 39.0 Å². The quantitative estimate of drug-likeness (QED) is 0.805. The maximum absolute atomic E-state index is 12.7. The third-order valence-electron chi connectivity index (χ3n) is 4.50. The van der Waals surface area contributed by atoms with Gasteiger partial charge in [-0.05, 0) is 31.0 Å². The molecule has 1 saturated carbocycles. The van der Waals surface area contributed by atoms with Crippen molar-refractivity contribution in [1.82, 2.24) is 4.72 Å². The minimum absolute atomic E-state index is 0.0268. The van der Waals surface area contributed by atoms with Crippen LogP contribution in [0, 0.1) is 0 Å². The Bertz CT molecular complexity index is 680. The summed E-state index contributed by atoms with van der Waals surface area (Å²) in [4.78, 5) is 11.8. The van der Waals surface area contributed by atoms with Crippen LogP contribution in [0.5, 0.6) is 5.75 Å². The molecule has 7 heteroatoms. The highest BCUT2D eigenvalue weighted by Gasteiger charge is 2.22. The van der Waals surface area contributed by atoms with Crippen molar-refractivity contribution in [1.29, 1.82) is 0 Å². The van der Waals surface area contributed by atoms with Gasteiger partial charge in [0.05, 0.1) is 17.7 Å². The predicted octanol–water partition coefficient (Wildman–Crippen LogP) is 3.43. The molecule has 0 heterocycles. The number of sulfonamides is 1. The SMILES string of the molecule is CCC(=O)Nc1cc(S(=O)(=O)NC2CCCCCCC2)ccc1OC. The summed E-state index contributed by atoms with van der Waals surface area (Å²) in [5, 5.41) is 2.69. The van der Waals surface area contributed by atoms with Crippen molar-refractivity contribution >= 4 is 21.6 Å². The number of rotatable bonds is 6. The van der Waals surface area contributed by atoms with Crippen LogP contribution in [0.1, 0.15) is 58.3 Å². The zero-order valence-corrected chi connectivity index (χ0v) is 15.8. The lowest BCUT2D eigenvalue weighted by molar-refractivity contribution is -0.115. The summed E-state index contributed by atoms with van der Waals surface area (Å²) in [6.07, 6.45) is 7.70. The Labute approximate surface area is 150 Å². The lowest BCUT2D eigenvalue weighted by Crippen LogP contribution is -2.35. The number of nitrogens with one attached hydrogen (secondary N) is 2. The van der Waals surface area contributed by atoms with Gasteiger partial charge < -0.3 is 10.1 Å². The van der Waals surface area contributed by atoms with Crippen molar-refractivity contribution in [2.24, 2.45) is 0 Å². The van der Waals surface area contributed by atoms with E-state index in [9.17, 15) is 13.2 Å². The van der Waals surface area contributed by atoms with Gasteiger partial charge in [0.1, 0.15) is 5.75 Å². The first kappa shape index (κ1) is 19.7. The van der Waals surface area contributed by atoms with Gasteiger partial charge in [0.25, 0.3) is 0 Å². The number of amides is 1. The van der Waals surface area contributed by atoms with Crippen LogP contribution >= 0.6 is 0 Å². The van der Waals surface area contributed by atoms with E-state index in [0.29, 0.717) is 17.9 Å². The van der Waals surface area contributed by atoms with Crippen molar-refractivity contribution in [2.75, 3.05) is 12.4 Å². The van der Waals surface area contributed by atoms with Crippen LogP contribution < -0.4 is 14.8 Å². The Hall–Kier alpha value is -1.60. The smallest absolute Gasteiger partial charge is 0.240 e. The van der Waals surface area contributed by atoms with E-state index in [4.69, 9.17) is 4.74 Å². The minimum Gasteiger partial charge on any atom is -0.495 e. The third kappa shape index (κ3) is 5.71. The first-order valence-corrected chi connectivity index (χ1v) is 10.4. The largest absolute Gasteiger partial charge is 0.495 e. The standard InChI is InChI=1S/C18H28N2O4S/c1-3-18(21)19-16-13-15(11-12-17(16)24-2)25(22,23)20-14-9-7-5-4-6-8-10-14/h11-14,20H,3-10H2,1-2H3,(H,19,21). The molecule has 1 aromatic rings. The number of methoxy groups -OCH3 is 1. The second-order valence-corrected chi connectivity index (χ2v) is 8.14. The maximum atomic E-state index is 12.7. The fourth-order valence-corrected chi connectivity index (χ4v) is 4.38. The molecule has 0 aromatic heterocycles. The highest BCUT2D eigenvalue weighted by molar-refractivity contribution is 7.89. The fourth-order valence-electron chi connectivity index (χ4n) is 3.05. The van der Waals surface area contributed by atoms with E-state index < -0.39 is 10.0 Å². The molecule has 0 saturated heterocycles. The summed E-state index contributed by atoms with van der Waals surface area (Å²) < 4.78 is 33.5. The lowest BCUT2D eigenvalue weighted by Gasteiger charge is -2.21. The molecule has 0 aliphatic heterocycles. The van der Waals surface area contributed by atoms with Crippen molar-refractivity contribution < 1.29 is 17.9 Å². The van der Waals surface area contributed by atoms with E-state index in [2.05, 4.69) is 10.0 Å². The molecule has 1 fully saturated rings. The van der Waals surface area contributed by atoms with Gasteiger partial charge in [-0.25, -0.2) is 13.1 Å². The lowest BCUT2D eigenvalue weighted by atomic mass is 9.97. The van der Waals surface area contributed by atoms with Gasteiger partial charge in [-0.2, -0.15) is 0 Å². The summed E-state index contributed by atoms with van der Waals surface area (Å²) in [5.74, 6) is 0.243. The summed E-state index contributed by atoms with van der Waals surface area (Å²) in [7, 11) is -2.15. The van der Waals surface area contributed by atoms with E-state index in [-0.39, 0.29) is 16.8 Å². The zero-order valence-electron chi connectivity index (χ0n) is 15.0. The molecular weight excluding hydrogens is 340 g/mol. The summed E-state index contributed by atoms with van der Waals surface area (Å²) >= 11 is 0. The van der Waals surface area contributed by atoms with E-state index in [1.54, 1.807) is 13.0 Å². The molecule has 0 atom stereocenters. The van der Waals surface area contributed by atoms with E-state index in [1.165, 1.54) is 25.7 Å². The summed E-state index contributed by atoms with van der Waals surface area (Å²) in [6, 6.07) is 4.50. The Morgan fingerprint density at radius 3 is 2.40 bits per heavy atom. The maximum Gasteiger partial charge on any atom is 0.240 e. The van der Waals surface area contributed by atoms with E-state index in [0.717, 1.165) is 38.5 Å². The number of benzene rings is 1. The third-order valence-corrected chi connectivity index (χ3v) is 6.02. The topological polar surface area (TPSA) is 84.5 Å². The van der Waals surface area contributed by atoms with Crippen LogP contribution in [-0.4, -0.2) is 27.5 Å². The van der Waals surface area contributed by atoms with Crippen LogP contribution in [0.3, 0.4) is 0 Å². The Kier molecular flexibility index (Phi) is 7.25. The van der Waals surface area contributed by atoms with Crippen molar-refractivity contribution in [3.8, 4) is 5.75 Å². The van der Waals surface area contributed by atoms with E-state index >= 15 is 0 Å². The first-order chi connectivity index (χ1) is 12.0. The van der Waals surface area contributed by atoms with Crippen LogP contribution in [0.25, 0.3) is 0 Å². The predicted molar refractivity (Wildman–Crippen MR) is 98.3 cm³/mol. The Morgan fingerprint density at radius 1 is 1.16 bits per heavy atom. The molecule has 0 bridgehead atoms. The average molecular weight is 368 g/mol. The molecule has 1 aliphatic carbocycles. The highest BCUT2D eigenvalue weighted by atomic mass is 32.2. The molecule has 1 aliphatic rings. The van der Waals surface area contributed by atoms with Gasteiger partial charge in [-0.15, -0.1) is 0 Å². The molecule has 2 rings (SSSR count).